The van der Waals surface area contributed by atoms with Gasteiger partial charge in [0.2, 0.25) is 5.91 Å². The molecule has 0 aliphatic rings. The number of methoxy groups -OCH3 is 1. The number of para-hydroxylation sites is 1. The van der Waals surface area contributed by atoms with Gasteiger partial charge in [0.15, 0.2) is 0 Å². The van der Waals surface area contributed by atoms with Crippen LogP contribution in [0.15, 0.2) is 108 Å². The third kappa shape index (κ3) is 8.33. The molecule has 4 aromatic carbocycles. The van der Waals surface area contributed by atoms with E-state index in [0.717, 1.165) is 21.7 Å². The van der Waals surface area contributed by atoms with E-state index in [1.165, 1.54) is 11.8 Å². The van der Waals surface area contributed by atoms with Crippen molar-refractivity contribution >= 4 is 46.9 Å². The molecule has 0 fully saturated rings. The molecule has 0 aliphatic carbocycles. The highest BCUT2D eigenvalue weighted by Crippen LogP contribution is 2.24. The molecule has 3 N–H and O–H groups in total. The fourth-order valence-electron chi connectivity index (χ4n) is 4.03. The molecule has 0 heterocycles. The quantitative estimate of drug-likeness (QED) is 0.152. The average Bonchev–Trinajstić information content (AvgIpc) is 2.98. The van der Waals surface area contributed by atoms with Crippen LogP contribution >= 0.6 is 11.8 Å². The first-order valence-electron chi connectivity index (χ1n) is 12.9. The minimum atomic E-state index is -0.505. The second-order valence-corrected chi connectivity index (χ2v) is 10.3. The first kappa shape index (κ1) is 29.2. The molecule has 0 unspecified atom stereocenters. The lowest BCUT2D eigenvalue weighted by Crippen LogP contribution is -2.30. The Kier molecular flexibility index (Phi) is 9.96. The number of carbonyl (C=O) groups is 3. The summed E-state index contributed by atoms with van der Waals surface area (Å²) in [5.41, 5.74) is 4.55. The van der Waals surface area contributed by atoms with Gasteiger partial charge < -0.3 is 20.7 Å². The van der Waals surface area contributed by atoms with Crippen LogP contribution in [0.3, 0.4) is 0 Å². The van der Waals surface area contributed by atoms with Gasteiger partial charge >= 0.3 is 0 Å². The Bertz CT molecular complexity index is 1580. The van der Waals surface area contributed by atoms with Crippen LogP contribution in [0.2, 0.25) is 0 Å². The zero-order valence-electron chi connectivity index (χ0n) is 23.1. The highest BCUT2D eigenvalue weighted by Gasteiger charge is 2.16. The van der Waals surface area contributed by atoms with Crippen molar-refractivity contribution in [2.75, 3.05) is 23.5 Å². The van der Waals surface area contributed by atoms with E-state index in [9.17, 15) is 14.4 Å². The number of ether oxygens (including phenoxy) is 1. The molecule has 208 valence electrons. The predicted molar refractivity (Wildman–Crippen MR) is 165 cm³/mol. The van der Waals surface area contributed by atoms with E-state index in [4.69, 9.17) is 4.74 Å². The van der Waals surface area contributed by atoms with Crippen LogP contribution in [0.1, 0.15) is 27.0 Å². The van der Waals surface area contributed by atoms with Crippen molar-refractivity contribution < 1.29 is 19.1 Å². The molecule has 4 aromatic rings. The summed E-state index contributed by atoms with van der Waals surface area (Å²) in [5, 5.41) is 8.54. The summed E-state index contributed by atoms with van der Waals surface area (Å²) in [6.07, 6.45) is 1.57. The molecule has 0 saturated carbocycles. The summed E-state index contributed by atoms with van der Waals surface area (Å²) in [4.78, 5) is 39.7. The minimum Gasteiger partial charge on any atom is -0.496 e. The molecule has 0 atom stereocenters. The van der Waals surface area contributed by atoms with Gasteiger partial charge in [-0.05, 0) is 68.0 Å². The summed E-state index contributed by atoms with van der Waals surface area (Å²) < 4.78 is 5.42. The molecule has 0 saturated heterocycles. The van der Waals surface area contributed by atoms with Crippen LogP contribution in [0.5, 0.6) is 5.75 Å². The number of benzene rings is 4. The second-order valence-electron chi connectivity index (χ2n) is 9.26. The third-order valence-corrected chi connectivity index (χ3v) is 7.08. The standard InChI is InChI=1S/C33H31N3O4S/c1-22-16-17-28(23(2)18-22)35-31(37)21-41-27-14-9-13-26(20-27)34-33(39)29(19-25-12-7-8-15-30(25)40-3)36-32(38)24-10-5-4-6-11-24/h4-20H,21H2,1-3H3,(H,34,39)(H,35,37)(H,36,38)/b29-19+. The lowest BCUT2D eigenvalue weighted by molar-refractivity contribution is -0.114. The normalized spacial score (nSPS) is 11.0. The van der Waals surface area contributed by atoms with E-state index in [0.29, 0.717) is 22.6 Å². The Morgan fingerprint density at radius 2 is 1.59 bits per heavy atom. The van der Waals surface area contributed by atoms with Gasteiger partial charge in [-0.25, -0.2) is 0 Å². The number of thioether (sulfide) groups is 1. The highest BCUT2D eigenvalue weighted by molar-refractivity contribution is 8.00. The van der Waals surface area contributed by atoms with Crippen molar-refractivity contribution in [2.24, 2.45) is 0 Å². The molecular weight excluding hydrogens is 534 g/mol. The van der Waals surface area contributed by atoms with Crippen molar-refractivity contribution in [3.8, 4) is 5.75 Å². The molecule has 0 spiro atoms. The number of aryl methyl sites for hydroxylation is 2. The van der Waals surface area contributed by atoms with Gasteiger partial charge in [0, 0.05) is 27.4 Å². The fourth-order valence-corrected chi connectivity index (χ4v) is 4.79. The monoisotopic (exact) mass is 565 g/mol. The maximum absolute atomic E-state index is 13.4. The van der Waals surface area contributed by atoms with Crippen LogP contribution in [0.4, 0.5) is 11.4 Å². The van der Waals surface area contributed by atoms with Gasteiger partial charge in [-0.1, -0.05) is 60.2 Å². The van der Waals surface area contributed by atoms with Gasteiger partial charge in [-0.3, -0.25) is 14.4 Å². The minimum absolute atomic E-state index is 0.0502. The van der Waals surface area contributed by atoms with Gasteiger partial charge in [0.25, 0.3) is 11.8 Å². The number of hydrogen-bond donors (Lipinski definition) is 3. The molecule has 0 aromatic heterocycles. The third-order valence-electron chi connectivity index (χ3n) is 6.09. The molecule has 3 amide bonds. The zero-order valence-corrected chi connectivity index (χ0v) is 23.9. The number of carbonyl (C=O) groups excluding carboxylic acids is 3. The second kappa shape index (κ2) is 14.0. The van der Waals surface area contributed by atoms with Crippen LogP contribution in [0.25, 0.3) is 6.08 Å². The van der Waals surface area contributed by atoms with Crippen molar-refractivity contribution in [1.82, 2.24) is 5.32 Å². The van der Waals surface area contributed by atoms with E-state index in [1.54, 1.807) is 67.8 Å². The zero-order chi connectivity index (χ0) is 29.2. The summed E-state index contributed by atoms with van der Waals surface area (Å²) in [6.45, 7) is 3.97. The summed E-state index contributed by atoms with van der Waals surface area (Å²) in [5.74, 6) is -0.279. The molecule has 0 radical (unpaired) electrons. The van der Waals surface area contributed by atoms with Gasteiger partial charge in [0.1, 0.15) is 11.4 Å². The lowest BCUT2D eigenvalue weighted by Gasteiger charge is -2.13. The summed E-state index contributed by atoms with van der Waals surface area (Å²) >= 11 is 1.36. The Balaban J connectivity index is 1.47. The summed E-state index contributed by atoms with van der Waals surface area (Å²) in [6, 6.07) is 29.0. The molecule has 4 rings (SSSR count). The maximum Gasteiger partial charge on any atom is 0.272 e. The highest BCUT2D eigenvalue weighted by atomic mass is 32.2. The largest absolute Gasteiger partial charge is 0.496 e. The first-order chi connectivity index (χ1) is 19.8. The number of hydrogen-bond acceptors (Lipinski definition) is 5. The maximum atomic E-state index is 13.4. The first-order valence-corrected chi connectivity index (χ1v) is 13.9. The van der Waals surface area contributed by atoms with Gasteiger partial charge in [-0.15, -0.1) is 11.8 Å². The average molecular weight is 566 g/mol. The number of anilines is 2. The van der Waals surface area contributed by atoms with Crippen molar-refractivity contribution in [1.29, 1.82) is 0 Å². The van der Waals surface area contributed by atoms with Crippen LogP contribution in [-0.4, -0.2) is 30.6 Å². The van der Waals surface area contributed by atoms with Crippen LogP contribution in [-0.2, 0) is 9.59 Å². The Labute approximate surface area is 244 Å². The van der Waals surface area contributed by atoms with Crippen molar-refractivity contribution in [3.05, 3.63) is 125 Å². The fraction of sp³-hybridized carbons (Fsp3) is 0.121. The molecular formula is C33H31N3O4S. The van der Waals surface area contributed by atoms with Gasteiger partial charge in [-0.2, -0.15) is 0 Å². The van der Waals surface area contributed by atoms with Crippen LogP contribution < -0.4 is 20.7 Å². The van der Waals surface area contributed by atoms with Crippen LogP contribution in [0, 0.1) is 13.8 Å². The number of rotatable bonds is 10. The molecule has 41 heavy (non-hydrogen) atoms. The molecule has 8 heteroatoms. The molecule has 7 nitrogen and oxygen atoms in total. The summed E-state index contributed by atoms with van der Waals surface area (Å²) in [7, 11) is 1.54. The van der Waals surface area contributed by atoms with Crippen molar-refractivity contribution in [3.63, 3.8) is 0 Å². The number of nitrogens with one attached hydrogen (secondary N) is 3. The van der Waals surface area contributed by atoms with E-state index < -0.39 is 11.8 Å². The molecule has 0 aliphatic heterocycles. The van der Waals surface area contributed by atoms with E-state index >= 15 is 0 Å². The molecule has 0 bridgehead atoms. The Hall–Kier alpha value is -4.82. The van der Waals surface area contributed by atoms with E-state index in [1.807, 2.05) is 56.3 Å². The van der Waals surface area contributed by atoms with Crippen molar-refractivity contribution in [2.45, 2.75) is 18.7 Å². The Morgan fingerprint density at radius 3 is 2.34 bits per heavy atom. The van der Waals surface area contributed by atoms with E-state index in [-0.39, 0.29) is 17.4 Å². The van der Waals surface area contributed by atoms with Gasteiger partial charge in [0.05, 0.1) is 12.9 Å². The smallest absolute Gasteiger partial charge is 0.272 e. The lowest BCUT2D eigenvalue weighted by atomic mass is 10.1. The predicted octanol–water partition coefficient (Wildman–Crippen LogP) is 6.45. The SMILES string of the molecule is COc1ccccc1/C=C(/NC(=O)c1ccccc1)C(=O)Nc1cccc(SCC(=O)Nc2ccc(C)cc2C)c1. The topological polar surface area (TPSA) is 96.5 Å². The Morgan fingerprint density at radius 1 is 0.829 bits per heavy atom. The number of amides is 3. The van der Waals surface area contributed by atoms with E-state index in [2.05, 4.69) is 16.0 Å².